The molecule has 1 aromatic carbocycles. The van der Waals surface area contributed by atoms with Gasteiger partial charge in [0, 0.05) is 17.7 Å². The molecule has 1 aliphatic heterocycles. The van der Waals surface area contributed by atoms with Gasteiger partial charge in [0.25, 0.3) is 5.69 Å². The third kappa shape index (κ3) is 2.04. The van der Waals surface area contributed by atoms with Crippen molar-refractivity contribution < 1.29 is 14.5 Å². The first-order valence-corrected chi connectivity index (χ1v) is 5.31. The second-order valence-corrected chi connectivity index (χ2v) is 4.57. The van der Waals surface area contributed by atoms with E-state index >= 15 is 0 Å². The summed E-state index contributed by atoms with van der Waals surface area (Å²) in [7, 11) is 0. The molecule has 0 radical (unpaired) electrons. The average Bonchev–Trinajstić information content (AvgIpc) is 2.25. The van der Waals surface area contributed by atoms with E-state index in [1.165, 1.54) is 18.2 Å². The van der Waals surface area contributed by atoms with Gasteiger partial charge in [-0.15, -0.1) is 0 Å². The van der Waals surface area contributed by atoms with Crippen LogP contribution in [0.3, 0.4) is 0 Å². The minimum absolute atomic E-state index is 0.107. The van der Waals surface area contributed by atoms with Crippen LogP contribution in [0, 0.1) is 10.1 Å². The lowest BCUT2D eigenvalue weighted by atomic mass is 9.94. The molecule has 6 heteroatoms. The van der Waals surface area contributed by atoms with E-state index in [-0.39, 0.29) is 11.3 Å². The number of carbonyl (C=O) groups is 1. The summed E-state index contributed by atoms with van der Waals surface area (Å²) in [5.41, 5.74) is 5.11. The number of amides is 1. The molecular weight excluding hydrogens is 236 g/mol. The Labute approximate surface area is 103 Å². The van der Waals surface area contributed by atoms with Crippen molar-refractivity contribution >= 4 is 17.2 Å². The fourth-order valence-electron chi connectivity index (χ4n) is 1.87. The summed E-state index contributed by atoms with van der Waals surface area (Å²) in [6.45, 7) is 3.56. The number of ether oxygens (including phenoxy) is 1. The number of hydrogen-bond acceptors (Lipinski definition) is 4. The standard InChI is InChI=1S/C12H12N2O4/c1-12(2)6-9(11(13)15)8-5-7(14(16)17)3-4-10(8)18-12/h3-6H,1-2H3,(H2,13,15). The van der Waals surface area contributed by atoms with Gasteiger partial charge in [-0.05, 0) is 26.0 Å². The Kier molecular flexibility index (Phi) is 2.58. The molecule has 0 aromatic heterocycles. The van der Waals surface area contributed by atoms with Crippen LogP contribution < -0.4 is 10.5 Å². The topological polar surface area (TPSA) is 95.5 Å². The molecule has 0 aliphatic carbocycles. The summed E-state index contributed by atoms with van der Waals surface area (Å²) in [5.74, 6) is -0.213. The Morgan fingerprint density at radius 3 is 2.67 bits per heavy atom. The number of nitrogens with two attached hydrogens (primary N) is 1. The maximum absolute atomic E-state index is 11.4. The normalized spacial score (nSPS) is 16.2. The summed E-state index contributed by atoms with van der Waals surface area (Å²) in [4.78, 5) is 21.6. The second kappa shape index (κ2) is 3.83. The van der Waals surface area contributed by atoms with Gasteiger partial charge in [0.2, 0.25) is 5.91 Å². The zero-order chi connectivity index (χ0) is 13.5. The number of nitro benzene ring substituents is 1. The van der Waals surface area contributed by atoms with Crippen LogP contribution in [0.15, 0.2) is 24.3 Å². The van der Waals surface area contributed by atoms with Crippen molar-refractivity contribution in [3.8, 4) is 5.75 Å². The van der Waals surface area contributed by atoms with Gasteiger partial charge < -0.3 is 10.5 Å². The number of nitro groups is 1. The quantitative estimate of drug-likeness (QED) is 0.635. The fourth-order valence-corrected chi connectivity index (χ4v) is 1.87. The van der Waals surface area contributed by atoms with Crippen molar-refractivity contribution in [2.75, 3.05) is 0 Å². The zero-order valence-electron chi connectivity index (χ0n) is 9.97. The zero-order valence-corrected chi connectivity index (χ0v) is 9.97. The highest BCUT2D eigenvalue weighted by molar-refractivity contribution is 6.20. The molecule has 0 saturated carbocycles. The number of primary amides is 1. The average molecular weight is 248 g/mol. The maximum Gasteiger partial charge on any atom is 0.270 e. The van der Waals surface area contributed by atoms with Gasteiger partial charge in [0.15, 0.2) is 0 Å². The molecule has 1 aromatic rings. The lowest BCUT2D eigenvalue weighted by Crippen LogP contribution is -2.31. The van der Waals surface area contributed by atoms with Crippen LogP contribution in [-0.2, 0) is 4.79 Å². The molecule has 2 N–H and O–H groups in total. The molecule has 6 nitrogen and oxygen atoms in total. The SMILES string of the molecule is CC1(C)C=C(C(N)=O)c2cc([N+](=O)[O-])ccc2O1. The van der Waals surface area contributed by atoms with Gasteiger partial charge in [-0.3, -0.25) is 14.9 Å². The first kappa shape index (κ1) is 12.1. The van der Waals surface area contributed by atoms with Gasteiger partial charge in [-0.2, -0.15) is 0 Å². The number of hydrogen-bond donors (Lipinski definition) is 1. The van der Waals surface area contributed by atoms with E-state index < -0.39 is 16.4 Å². The number of non-ortho nitro benzene ring substituents is 1. The van der Waals surface area contributed by atoms with Crippen molar-refractivity contribution in [1.29, 1.82) is 0 Å². The molecule has 2 rings (SSSR count). The molecule has 0 fully saturated rings. The molecule has 0 saturated heterocycles. The molecule has 0 unspecified atom stereocenters. The largest absolute Gasteiger partial charge is 0.483 e. The lowest BCUT2D eigenvalue weighted by Gasteiger charge is -2.29. The van der Waals surface area contributed by atoms with Crippen molar-refractivity contribution in [3.63, 3.8) is 0 Å². The van der Waals surface area contributed by atoms with Crippen LogP contribution in [0.4, 0.5) is 5.69 Å². The van der Waals surface area contributed by atoms with E-state index in [0.717, 1.165) is 0 Å². The van der Waals surface area contributed by atoms with Gasteiger partial charge in [-0.1, -0.05) is 0 Å². The minimum atomic E-state index is -0.673. The molecule has 1 aliphatic rings. The number of benzene rings is 1. The van der Waals surface area contributed by atoms with Crippen LogP contribution >= 0.6 is 0 Å². The van der Waals surface area contributed by atoms with E-state index in [9.17, 15) is 14.9 Å². The van der Waals surface area contributed by atoms with Crippen LogP contribution in [0.1, 0.15) is 19.4 Å². The lowest BCUT2D eigenvalue weighted by molar-refractivity contribution is -0.384. The van der Waals surface area contributed by atoms with Crippen LogP contribution in [0.2, 0.25) is 0 Å². The molecule has 0 atom stereocenters. The van der Waals surface area contributed by atoms with Crippen molar-refractivity contribution in [2.45, 2.75) is 19.4 Å². The molecule has 18 heavy (non-hydrogen) atoms. The molecule has 1 amide bonds. The molecular formula is C12H12N2O4. The first-order valence-electron chi connectivity index (χ1n) is 5.31. The van der Waals surface area contributed by atoms with Gasteiger partial charge in [0.1, 0.15) is 11.4 Å². The van der Waals surface area contributed by atoms with Crippen molar-refractivity contribution in [3.05, 3.63) is 40.0 Å². The second-order valence-electron chi connectivity index (χ2n) is 4.57. The van der Waals surface area contributed by atoms with Crippen molar-refractivity contribution in [1.82, 2.24) is 0 Å². The molecule has 94 valence electrons. The maximum atomic E-state index is 11.4. The smallest absolute Gasteiger partial charge is 0.270 e. The predicted octanol–water partition coefficient (Wildman–Crippen LogP) is 1.63. The fraction of sp³-hybridized carbons (Fsp3) is 0.250. The van der Waals surface area contributed by atoms with Gasteiger partial charge in [-0.25, -0.2) is 0 Å². The third-order valence-electron chi connectivity index (χ3n) is 2.59. The van der Waals surface area contributed by atoms with E-state index in [0.29, 0.717) is 11.3 Å². The summed E-state index contributed by atoms with van der Waals surface area (Å²) in [6, 6.07) is 4.10. The highest BCUT2D eigenvalue weighted by Crippen LogP contribution is 2.37. The van der Waals surface area contributed by atoms with Crippen LogP contribution in [0.5, 0.6) is 5.75 Å². The Morgan fingerprint density at radius 1 is 1.44 bits per heavy atom. The number of carbonyl (C=O) groups excluding carboxylic acids is 1. The molecule has 1 heterocycles. The number of fused-ring (bicyclic) bond motifs is 1. The van der Waals surface area contributed by atoms with Gasteiger partial charge in [0.05, 0.1) is 10.5 Å². The van der Waals surface area contributed by atoms with Crippen LogP contribution in [-0.4, -0.2) is 16.4 Å². The summed E-state index contributed by atoms with van der Waals surface area (Å²) >= 11 is 0. The first-order chi connectivity index (χ1) is 8.30. The van der Waals surface area contributed by atoms with E-state index in [4.69, 9.17) is 10.5 Å². The van der Waals surface area contributed by atoms with Crippen LogP contribution in [0.25, 0.3) is 5.57 Å². The minimum Gasteiger partial charge on any atom is -0.483 e. The Balaban J connectivity index is 2.63. The molecule has 0 bridgehead atoms. The van der Waals surface area contributed by atoms with Gasteiger partial charge >= 0.3 is 0 Å². The Morgan fingerprint density at radius 2 is 2.11 bits per heavy atom. The highest BCUT2D eigenvalue weighted by atomic mass is 16.6. The predicted molar refractivity (Wildman–Crippen MR) is 65.0 cm³/mol. The summed E-state index contributed by atoms with van der Waals surface area (Å²) in [5, 5.41) is 10.7. The van der Waals surface area contributed by atoms with E-state index in [1.54, 1.807) is 19.9 Å². The monoisotopic (exact) mass is 248 g/mol. The highest BCUT2D eigenvalue weighted by Gasteiger charge is 2.30. The Bertz CT molecular complexity index is 575. The molecule has 0 spiro atoms. The number of rotatable bonds is 2. The summed E-state index contributed by atoms with van der Waals surface area (Å²) < 4.78 is 5.63. The van der Waals surface area contributed by atoms with E-state index in [2.05, 4.69) is 0 Å². The summed E-state index contributed by atoms with van der Waals surface area (Å²) in [6.07, 6.45) is 1.57. The third-order valence-corrected chi connectivity index (χ3v) is 2.59. The van der Waals surface area contributed by atoms with E-state index in [1.807, 2.05) is 0 Å². The number of nitrogens with zero attached hydrogens (tertiary/aromatic N) is 1. The van der Waals surface area contributed by atoms with Crippen molar-refractivity contribution in [2.24, 2.45) is 5.73 Å². The Hall–Kier alpha value is -2.37.